The fourth-order valence-corrected chi connectivity index (χ4v) is 4.74. The van der Waals surface area contributed by atoms with Gasteiger partial charge in [-0.05, 0) is 45.1 Å². The number of hydrogen-bond acceptors (Lipinski definition) is 5. The van der Waals surface area contributed by atoms with E-state index in [1.54, 1.807) is 12.4 Å². The van der Waals surface area contributed by atoms with Crippen molar-refractivity contribution in [2.75, 3.05) is 39.3 Å². The standard InChI is InChI=1S/C20H29N5O2/c26-19(23-9-1-2-10-23)16-4-3-11-25(15-16)17-5-12-24(13-6-17)20(27)18-14-21-7-8-22-18/h7-8,14,16-17H,1-6,9-13,15H2/t16-/m0/s1. The predicted molar refractivity (Wildman–Crippen MR) is 101 cm³/mol. The van der Waals surface area contributed by atoms with Crippen molar-refractivity contribution in [2.24, 2.45) is 5.92 Å². The first-order chi connectivity index (χ1) is 13.2. The second-order valence-electron chi connectivity index (χ2n) is 7.98. The molecule has 0 aliphatic carbocycles. The number of likely N-dealkylation sites (tertiary alicyclic amines) is 3. The van der Waals surface area contributed by atoms with Gasteiger partial charge in [0.1, 0.15) is 5.69 Å². The summed E-state index contributed by atoms with van der Waals surface area (Å²) >= 11 is 0. The summed E-state index contributed by atoms with van der Waals surface area (Å²) in [5.41, 5.74) is 0.421. The number of piperidine rings is 2. The second-order valence-corrected chi connectivity index (χ2v) is 7.98. The van der Waals surface area contributed by atoms with Crippen molar-refractivity contribution in [3.63, 3.8) is 0 Å². The molecule has 7 heteroatoms. The molecule has 3 fully saturated rings. The van der Waals surface area contributed by atoms with Gasteiger partial charge in [-0.3, -0.25) is 19.5 Å². The molecule has 1 aromatic heterocycles. The van der Waals surface area contributed by atoms with Crippen LogP contribution in [0.15, 0.2) is 18.6 Å². The van der Waals surface area contributed by atoms with Gasteiger partial charge in [-0.2, -0.15) is 0 Å². The predicted octanol–water partition coefficient (Wildman–Crippen LogP) is 1.42. The third-order valence-electron chi connectivity index (χ3n) is 6.27. The molecule has 0 bridgehead atoms. The molecule has 1 aromatic rings. The highest BCUT2D eigenvalue weighted by Crippen LogP contribution is 2.26. The lowest BCUT2D eigenvalue weighted by Crippen LogP contribution is -2.51. The average Bonchev–Trinajstić information content (AvgIpc) is 3.28. The SMILES string of the molecule is O=C(c1cnccn1)N1CCC(N2CCC[C@H](C(=O)N3CCCC3)C2)CC1. The average molecular weight is 371 g/mol. The van der Waals surface area contributed by atoms with Crippen molar-refractivity contribution >= 4 is 11.8 Å². The van der Waals surface area contributed by atoms with E-state index in [1.807, 2.05) is 4.90 Å². The molecule has 3 saturated heterocycles. The maximum absolute atomic E-state index is 12.8. The van der Waals surface area contributed by atoms with Gasteiger partial charge >= 0.3 is 0 Å². The van der Waals surface area contributed by atoms with Gasteiger partial charge in [-0.1, -0.05) is 0 Å². The van der Waals surface area contributed by atoms with E-state index in [1.165, 1.54) is 6.20 Å². The van der Waals surface area contributed by atoms with Crippen LogP contribution in [0.25, 0.3) is 0 Å². The van der Waals surface area contributed by atoms with Crippen molar-refractivity contribution < 1.29 is 9.59 Å². The molecular formula is C20H29N5O2. The molecule has 2 amide bonds. The van der Waals surface area contributed by atoms with Crippen LogP contribution in [0, 0.1) is 5.92 Å². The van der Waals surface area contributed by atoms with Crippen molar-refractivity contribution in [1.29, 1.82) is 0 Å². The molecule has 0 aromatic carbocycles. The van der Waals surface area contributed by atoms with Gasteiger partial charge in [0, 0.05) is 51.2 Å². The zero-order chi connectivity index (χ0) is 18.6. The number of carbonyl (C=O) groups excluding carboxylic acids is 2. The first-order valence-corrected chi connectivity index (χ1v) is 10.3. The zero-order valence-corrected chi connectivity index (χ0v) is 15.9. The summed E-state index contributed by atoms with van der Waals surface area (Å²) in [6.07, 6.45) is 11.0. The third-order valence-corrected chi connectivity index (χ3v) is 6.27. The Balaban J connectivity index is 1.30. The minimum absolute atomic E-state index is 0.0257. The van der Waals surface area contributed by atoms with Crippen LogP contribution in [0.4, 0.5) is 0 Å². The minimum Gasteiger partial charge on any atom is -0.342 e. The summed E-state index contributed by atoms with van der Waals surface area (Å²) in [5, 5.41) is 0. The summed E-state index contributed by atoms with van der Waals surface area (Å²) in [6.45, 7) is 5.35. The Morgan fingerprint density at radius 1 is 0.889 bits per heavy atom. The summed E-state index contributed by atoms with van der Waals surface area (Å²) < 4.78 is 0. The van der Waals surface area contributed by atoms with Crippen molar-refractivity contribution in [1.82, 2.24) is 24.7 Å². The van der Waals surface area contributed by atoms with E-state index in [0.29, 0.717) is 17.6 Å². The number of nitrogens with zero attached hydrogens (tertiary/aromatic N) is 5. The second kappa shape index (κ2) is 8.33. The summed E-state index contributed by atoms with van der Waals surface area (Å²) in [5.74, 6) is 0.505. The Bertz CT molecular complexity index is 654. The van der Waals surface area contributed by atoms with Crippen LogP contribution in [0.3, 0.4) is 0 Å². The van der Waals surface area contributed by atoms with E-state index in [9.17, 15) is 9.59 Å². The lowest BCUT2D eigenvalue weighted by Gasteiger charge is -2.42. The molecular weight excluding hydrogens is 342 g/mol. The summed E-state index contributed by atoms with van der Waals surface area (Å²) in [7, 11) is 0. The van der Waals surface area contributed by atoms with Crippen LogP contribution >= 0.6 is 0 Å². The number of amides is 2. The molecule has 4 rings (SSSR count). The van der Waals surface area contributed by atoms with E-state index in [2.05, 4.69) is 19.8 Å². The topological polar surface area (TPSA) is 69.6 Å². The Hall–Kier alpha value is -2.02. The largest absolute Gasteiger partial charge is 0.342 e. The molecule has 146 valence electrons. The quantitative estimate of drug-likeness (QED) is 0.804. The monoisotopic (exact) mass is 371 g/mol. The maximum Gasteiger partial charge on any atom is 0.274 e. The van der Waals surface area contributed by atoms with Crippen LogP contribution in [0.2, 0.25) is 0 Å². The molecule has 0 N–H and O–H groups in total. The number of aromatic nitrogens is 2. The van der Waals surface area contributed by atoms with Crippen LogP contribution in [0.5, 0.6) is 0 Å². The van der Waals surface area contributed by atoms with E-state index in [4.69, 9.17) is 0 Å². The fraction of sp³-hybridized carbons (Fsp3) is 0.700. The van der Waals surface area contributed by atoms with Gasteiger partial charge in [0.2, 0.25) is 5.91 Å². The summed E-state index contributed by atoms with van der Waals surface area (Å²) in [4.78, 5) is 39.9. The van der Waals surface area contributed by atoms with Crippen molar-refractivity contribution in [3.8, 4) is 0 Å². The molecule has 0 spiro atoms. The maximum atomic E-state index is 12.8. The molecule has 0 unspecified atom stereocenters. The normalized spacial score (nSPS) is 25.0. The van der Waals surface area contributed by atoms with Crippen LogP contribution < -0.4 is 0 Å². The number of rotatable bonds is 3. The van der Waals surface area contributed by atoms with Gasteiger partial charge in [-0.25, -0.2) is 4.98 Å². The molecule has 0 radical (unpaired) electrons. The van der Waals surface area contributed by atoms with Crippen molar-refractivity contribution in [2.45, 2.75) is 44.6 Å². The summed E-state index contributed by atoms with van der Waals surface area (Å²) in [6, 6.07) is 0.477. The zero-order valence-electron chi connectivity index (χ0n) is 15.9. The van der Waals surface area contributed by atoms with Gasteiger partial charge in [0.05, 0.1) is 12.1 Å². The Labute approximate surface area is 160 Å². The molecule has 0 saturated carbocycles. The lowest BCUT2D eigenvalue weighted by molar-refractivity contribution is -0.136. The Morgan fingerprint density at radius 3 is 2.37 bits per heavy atom. The van der Waals surface area contributed by atoms with E-state index >= 15 is 0 Å². The van der Waals surface area contributed by atoms with E-state index in [0.717, 1.165) is 77.8 Å². The van der Waals surface area contributed by atoms with Gasteiger partial charge in [0.25, 0.3) is 5.91 Å². The van der Waals surface area contributed by atoms with Crippen molar-refractivity contribution in [3.05, 3.63) is 24.3 Å². The highest BCUT2D eigenvalue weighted by molar-refractivity contribution is 5.92. The first kappa shape index (κ1) is 18.3. The Morgan fingerprint density at radius 2 is 1.67 bits per heavy atom. The smallest absolute Gasteiger partial charge is 0.274 e. The molecule has 1 atom stereocenters. The molecule has 7 nitrogen and oxygen atoms in total. The fourth-order valence-electron chi connectivity index (χ4n) is 4.74. The molecule has 3 aliphatic heterocycles. The first-order valence-electron chi connectivity index (χ1n) is 10.3. The molecule has 27 heavy (non-hydrogen) atoms. The van der Waals surface area contributed by atoms with Gasteiger partial charge < -0.3 is 9.80 Å². The minimum atomic E-state index is -0.0257. The highest BCUT2D eigenvalue weighted by atomic mass is 16.2. The molecule has 3 aliphatic rings. The van der Waals surface area contributed by atoms with Gasteiger partial charge in [-0.15, -0.1) is 0 Å². The Kier molecular flexibility index (Phi) is 5.66. The van der Waals surface area contributed by atoms with Crippen LogP contribution in [-0.2, 0) is 4.79 Å². The van der Waals surface area contributed by atoms with Crippen LogP contribution in [0.1, 0.15) is 49.0 Å². The molecule has 4 heterocycles. The third kappa shape index (κ3) is 4.13. The van der Waals surface area contributed by atoms with E-state index in [-0.39, 0.29) is 11.8 Å². The van der Waals surface area contributed by atoms with E-state index < -0.39 is 0 Å². The highest BCUT2D eigenvalue weighted by Gasteiger charge is 2.34. The van der Waals surface area contributed by atoms with Gasteiger partial charge in [0.15, 0.2) is 0 Å². The number of carbonyl (C=O) groups is 2. The lowest BCUT2D eigenvalue weighted by atomic mass is 9.93. The van der Waals surface area contributed by atoms with Crippen LogP contribution in [-0.4, -0.2) is 81.8 Å². The number of hydrogen-bond donors (Lipinski definition) is 0.